The van der Waals surface area contributed by atoms with Crippen LogP contribution in [-0.2, 0) is 13.1 Å². The zero-order valence-electron chi connectivity index (χ0n) is 15.2. The average Bonchev–Trinajstić information content (AvgIpc) is 2.83. The minimum atomic E-state index is 0.679. The van der Waals surface area contributed by atoms with E-state index in [1.54, 1.807) is 0 Å². The normalized spacial score (nSPS) is 24.6. The van der Waals surface area contributed by atoms with Crippen molar-refractivity contribution in [3.63, 3.8) is 0 Å². The highest BCUT2D eigenvalue weighted by Gasteiger charge is 2.34. The van der Waals surface area contributed by atoms with Crippen molar-refractivity contribution in [3.8, 4) is 0 Å². The number of piperidine rings is 1. The van der Waals surface area contributed by atoms with Gasteiger partial charge in [0.2, 0.25) is 0 Å². The molecule has 2 aromatic rings. The number of thioether (sulfide) groups is 1. The third-order valence-electron chi connectivity index (χ3n) is 5.75. The van der Waals surface area contributed by atoms with Gasteiger partial charge in [0, 0.05) is 49.4 Å². The molecular formula is C20H28N4S. The first-order valence-corrected chi connectivity index (χ1v) is 10.5. The summed E-state index contributed by atoms with van der Waals surface area (Å²) < 4.78 is 0. The summed E-state index contributed by atoms with van der Waals surface area (Å²) in [5.74, 6) is 0.795. The molecule has 0 radical (unpaired) electrons. The molecule has 5 rings (SSSR count). The van der Waals surface area contributed by atoms with Gasteiger partial charge in [-0.05, 0) is 49.6 Å². The van der Waals surface area contributed by atoms with Crippen LogP contribution in [0.3, 0.4) is 0 Å². The van der Waals surface area contributed by atoms with Gasteiger partial charge >= 0.3 is 0 Å². The van der Waals surface area contributed by atoms with Crippen LogP contribution >= 0.6 is 11.8 Å². The molecule has 5 heteroatoms. The van der Waals surface area contributed by atoms with E-state index in [4.69, 9.17) is 0 Å². The van der Waals surface area contributed by atoms with E-state index in [9.17, 15) is 0 Å². The lowest BCUT2D eigenvalue weighted by Crippen LogP contribution is -2.43. The Hall–Kier alpha value is -1.30. The molecule has 2 bridgehead atoms. The van der Waals surface area contributed by atoms with Crippen LogP contribution < -0.4 is 0 Å². The molecule has 0 unspecified atom stereocenters. The summed E-state index contributed by atoms with van der Waals surface area (Å²) in [6, 6.07) is 9.79. The second kappa shape index (κ2) is 7.52. The summed E-state index contributed by atoms with van der Waals surface area (Å²) in [5, 5.41) is 0. The van der Waals surface area contributed by atoms with E-state index in [2.05, 4.69) is 57.2 Å². The Labute approximate surface area is 155 Å². The Morgan fingerprint density at radius 1 is 1.12 bits per heavy atom. The van der Waals surface area contributed by atoms with Crippen molar-refractivity contribution in [1.82, 2.24) is 19.8 Å². The standard InChI is InChI=1S/C20H28N4S/c1-15-20(22-14-21-15)13-23-9-17-3-6-18(12-23)24(11-17)10-16-4-7-19(25-2)8-5-16/h4-5,7-8,14,17-18H,3,6,9-13H2,1-2H3,(H,21,22)/t17-,18+/m1/s1. The predicted octanol–water partition coefficient (Wildman–Crippen LogP) is 3.54. The molecule has 1 aromatic heterocycles. The van der Waals surface area contributed by atoms with Crippen molar-refractivity contribution in [3.05, 3.63) is 47.5 Å². The molecule has 2 atom stereocenters. The molecule has 3 aliphatic rings. The van der Waals surface area contributed by atoms with Crippen LogP contribution in [0.1, 0.15) is 29.8 Å². The van der Waals surface area contributed by atoms with Crippen molar-refractivity contribution in [2.24, 2.45) is 5.92 Å². The van der Waals surface area contributed by atoms with Gasteiger partial charge < -0.3 is 4.98 Å². The molecule has 0 spiro atoms. The maximum absolute atomic E-state index is 4.50. The van der Waals surface area contributed by atoms with Crippen molar-refractivity contribution >= 4 is 11.8 Å². The molecule has 1 aromatic carbocycles. The number of nitrogens with zero attached hydrogens (tertiary/aromatic N) is 3. The van der Waals surface area contributed by atoms with Crippen LogP contribution in [0.15, 0.2) is 35.5 Å². The summed E-state index contributed by atoms with van der Waals surface area (Å²) in [4.78, 5) is 14.4. The number of fused-ring (bicyclic) bond motifs is 4. The molecule has 1 N–H and O–H groups in total. The van der Waals surface area contributed by atoms with Gasteiger partial charge in [-0.2, -0.15) is 0 Å². The molecule has 0 saturated carbocycles. The number of H-pyrrole nitrogens is 1. The summed E-state index contributed by atoms with van der Waals surface area (Å²) in [7, 11) is 0. The lowest BCUT2D eigenvalue weighted by molar-refractivity contribution is 0.123. The monoisotopic (exact) mass is 356 g/mol. The number of aryl methyl sites for hydroxylation is 1. The Bertz CT molecular complexity index is 696. The molecule has 4 heterocycles. The van der Waals surface area contributed by atoms with Crippen molar-refractivity contribution in [1.29, 1.82) is 0 Å². The highest BCUT2D eigenvalue weighted by atomic mass is 32.2. The molecule has 3 fully saturated rings. The van der Waals surface area contributed by atoms with E-state index in [1.807, 2.05) is 18.1 Å². The second-order valence-corrected chi connectivity index (χ2v) is 8.42. The molecule has 3 saturated heterocycles. The van der Waals surface area contributed by atoms with Crippen LogP contribution in [0.2, 0.25) is 0 Å². The fraction of sp³-hybridized carbons (Fsp3) is 0.550. The van der Waals surface area contributed by atoms with Crippen molar-refractivity contribution in [2.45, 2.75) is 43.8 Å². The van der Waals surface area contributed by atoms with Gasteiger partial charge in [0.15, 0.2) is 0 Å². The summed E-state index contributed by atoms with van der Waals surface area (Å²) in [6.45, 7) is 7.82. The van der Waals surface area contributed by atoms with E-state index in [-0.39, 0.29) is 0 Å². The lowest BCUT2D eigenvalue weighted by Gasteiger charge is -2.36. The zero-order valence-corrected chi connectivity index (χ0v) is 16.1. The lowest BCUT2D eigenvalue weighted by atomic mass is 9.94. The first-order chi connectivity index (χ1) is 12.2. The topological polar surface area (TPSA) is 35.2 Å². The van der Waals surface area contributed by atoms with E-state index >= 15 is 0 Å². The molecular weight excluding hydrogens is 328 g/mol. The van der Waals surface area contributed by atoms with Gasteiger partial charge in [-0.3, -0.25) is 9.80 Å². The second-order valence-electron chi connectivity index (χ2n) is 7.54. The maximum atomic E-state index is 4.50. The van der Waals surface area contributed by atoms with Gasteiger partial charge in [-0.1, -0.05) is 12.1 Å². The Morgan fingerprint density at radius 3 is 2.68 bits per heavy atom. The number of rotatable bonds is 5. The molecule has 3 aliphatic heterocycles. The van der Waals surface area contributed by atoms with Crippen LogP contribution in [0, 0.1) is 12.8 Å². The van der Waals surface area contributed by atoms with E-state index in [1.165, 1.54) is 54.3 Å². The average molecular weight is 357 g/mol. The summed E-state index contributed by atoms with van der Waals surface area (Å²) in [5.41, 5.74) is 3.86. The Balaban J connectivity index is 1.43. The predicted molar refractivity (Wildman–Crippen MR) is 104 cm³/mol. The number of aromatic nitrogens is 2. The molecule has 0 aliphatic carbocycles. The summed E-state index contributed by atoms with van der Waals surface area (Å²) >= 11 is 1.81. The smallest absolute Gasteiger partial charge is 0.0925 e. The number of hydrogen-bond donors (Lipinski definition) is 1. The van der Waals surface area contributed by atoms with Gasteiger partial charge in [0.25, 0.3) is 0 Å². The van der Waals surface area contributed by atoms with Crippen LogP contribution in [0.4, 0.5) is 0 Å². The first-order valence-electron chi connectivity index (χ1n) is 9.29. The molecule has 134 valence electrons. The minimum absolute atomic E-state index is 0.679. The maximum Gasteiger partial charge on any atom is 0.0925 e. The minimum Gasteiger partial charge on any atom is -0.348 e. The van der Waals surface area contributed by atoms with Gasteiger partial charge in [0.05, 0.1) is 12.0 Å². The SMILES string of the molecule is CSc1ccc(CN2C[C@@H]3CC[C@H]2CN(Cc2nc[nH]c2C)C3)cc1. The zero-order chi connectivity index (χ0) is 17.2. The quantitative estimate of drug-likeness (QED) is 0.831. The fourth-order valence-corrected chi connectivity index (χ4v) is 4.73. The Kier molecular flexibility index (Phi) is 5.15. The number of nitrogens with one attached hydrogen (secondary N) is 1. The molecule has 4 nitrogen and oxygen atoms in total. The number of hydrogen-bond acceptors (Lipinski definition) is 4. The highest BCUT2D eigenvalue weighted by Crippen LogP contribution is 2.30. The molecule has 0 amide bonds. The third kappa shape index (κ3) is 3.94. The fourth-order valence-electron chi connectivity index (χ4n) is 4.32. The van der Waals surface area contributed by atoms with Crippen molar-refractivity contribution in [2.75, 3.05) is 25.9 Å². The number of aromatic amines is 1. The third-order valence-corrected chi connectivity index (χ3v) is 6.50. The van der Waals surface area contributed by atoms with E-state index in [0.717, 1.165) is 19.0 Å². The van der Waals surface area contributed by atoms with Crippen LogP contribution in [0.25, 0.3) is 0 Å². The number of benzene rings is 1. The van der Waals surface area contributed by atoms with Gasteiger partial charge in [-0.15, -0.1) is 11.8 Å². The highest BCUT2D eigenvalue weighted by molar-refractivity contribution is 7.98. The van der Waals surface area contributed by atoms with Crippen LogP contribution in [0.5, 0.6) is 0 Å². The van der Waals surface area contributed by atoms with E-state index in [0.29, 0.717) is 6.04 Å². The first kappa shape index (κ1) is 17.1. The van der Waals surface area contributed by atoms with Crippen molar-refractivity contribution < 1.29 is 0 Å². The summed E-state index contributed by atoms with van der Waals surface area (Å²) in [6.07, 6.45) is 6.67. The van der Waals surface area contributed by atoms with Gasteiger partial charge in [-0.25, -0.2) is 4.98 Å². The van der Waals surface area contributed by atoms with E-state index < -0.39 is 0 Å². The van der Waals surface area contributed by atoms with Gasteiger partial charge in [0.1, 0.15) is 0 Å². The van der Waals surface area contributed by atoms with Crippen LogP contribution in [-0.4, -0.2) is 51.7 Å². The molecule has 25 heavy (non-hydrogen) atoms. The Morgan fingerprint density at radius 2 is 1.96 bits per heavy atom. The number of imidazole rings is 1. The largest absolute Gasteiger partial charge is 0.348 e.